The molecule has 0 bridgehead atoms. The lowest BCUT2D eigenvalue weighted by Gasteiger charge is -2.32. The molecule has 1 aromatic rings. The van der Waals surface area contributed by atoms with Gasteiger partial charge in [-0.05, 0) is 44.4 Å². The summed E-state index contributed by atoms with van der Waals surface area (Å²) in [5.74, 6) is 0.664. The van der Waals surface area contributed by atoms with Gasteiger partial charge in [0, 0.05) is 19.0 Å². The second-order valence-corrected chi connectivity index (χ2v) is 7.55. The Bertz CT molecular complexity index is 633. The van der Waals surface area contributed by atoms with Gasteiger partial charge in [-0.25, -0.2) is 0 Å². The number of likely N-dealkylation sites (tertiary alicyclic amines) is 1. The molecule has 1 heterocycles. The van der Waals surface area contributed by atoms with Crippen molar-refractivity contribution in [3.8, 4) is 5.75 Å². The minimum atomic E-state index is -0.308. The van der Waals surface area contributed by atoms with E-state index in [1.807, 2.05) is 38.1 Å². The lowest BCUT2D eigenvalue weighted by Crippen LogP contribution is -2.47. The van der Waals surface area contributed by atoms with Crippen LogP contribution < -0.4 is 10.1 Å². The summed E-state index contributed by atoms with van der Waals surface area (Å²) >= 11 is 0. The van der Waals surface area contributed by atoms with Gasteiger partial charge in [-0.1, -0.05) is 25.0 Å². The SMILES string of the molecule is COc1ccc(C2(NC(=O)[C@H]3CC(=O)N(C(C)C)C3)CCCC2)cc1. The zero-order valence-electron chi connectivity index (χ0n) is 15.4. The minimum absolute atomic E-state index is 0.00854. The molecule has 0 radical (unpaired) electrons. The van der Waals surface area contributed by atoms with Crippen LogP contribution in [0, 0.1) is 5.92 Å². The first-order chi connectivity index (χ1) is 11.9. The van der Waals surface area contributed by atoms with Gasteiger partial charge in [0.25, 0.3) is 0 Å². The Morgan fingerprint density at radius 1 is 1.24 bits per heavy atom. The Morgan fingerprint density at radius 3 is 2.40 bits per heavy atom. The summed E-state index contributed by atoms with van der Waals surface area (Å²) in [6.45, 7) is 4.52. The molecule has 1 saturated carbocycles. The van der Waals surface area contributed by atoms with E-state index < -0.39 is 0 Å². The van der Waals surface area contributed by atoms with Crippen molar-refractivity contribution in [3.05, 3.63) is 29.8 Å². The fraction of sp³-hybridized carbons (Fsp3) is 0.600. The van der Waals surface area contributed by atoms with Gasteiger partial charge in [0.1, 0.15) is 5.75 Å². The third-order valence-electron chi connectivity index (χ3n) is 5.61. The fourth-order valence-corrected chi connectivity index (χ4v) is 4.12. The zero-order valence-corrected chi connectivity index (χ0v) is 15.4. The second-order valence-electron chi connectivity index (χ2n) is 7.55. The molecule has 1 atom stereocenters. The predicted molar refractivity (Wildman–Crippen MR) is 96.2 cm³/mol. The van der Waals surface area contributed by atoms with E-state index in [9.17, 15) is 9.59 Å². The first kappa shape index (κ1) is 17.8. The van der Waals surface area contributed by atoms with Crippen molar-refractivity contribution >= 4 is 11.8 Å². The summed E-state index contributed by atoms with van der Waals surface area (Å²) < 4.78 is 5.24. The monoisotopic (exact) mass is 344 g/mol. The lowest BCUT2D eigenvalue weighted by molar-refractivity contribution is -0.130. The van der Waals surface area contributed by atoms with Crippen LogP contribution >= 0.6 is 0 Å². The van der Waals surface area contributed by atoms with Crippen molar-refractivity contribution in [3.63, 3.8) is 0 Å². The minimum Gasteiger partial charge on any atom is -0.497 e. The molecule has 0 aromatic heterocycles. The third-order valence-corrected chi connectivity index (χ3v) is 5.61. The lowest BCUT2D eigenvalue weighted by atomic mass is 9.87. The normalized spacial score (nSPS) is 22.5. The summed E-state index contributed by atoms with van der Waals surface area (Å²) in [5.41, 5.74) is 0.821. The third kappa shape index (κ3) is 3.51. The Kier molecular flexibility index (Phi) is 5.02. The van der Waals surface area contributed by atoms with Gasteiger partial charge in [0.2, 0.25) is 11.8 Å². The molecule has 1 N–H and O–H groups in total. The number of benzene rings is 1. The fourth-order valence-electron chi connectivity index (χ4n) is 4.12. The molecule has 5 nitrogen and oxygen atoms in total. The molecule has 25 heavy (non-hydrogen) atoms. The van der Waals surface area contributed by atoms with Crippen molar-refractivity contribution in [1.29, 1.82) is 0 Å². The molecule has 2 amide bonds. The number of ether oxygens (including phenoxy) is 1. The van der Waals surface area contributed by atoms with Gasteiger partial charge in [-0.2, -0.15) is 0 Å². The van der Waals surface area contributed by atoms with Crippen molar-refractivity contribution in [1.82, 2.24) is 10.2 Å². The van der Waals surface area contributed by atoms with Crippen LogP contribution in [0.2, 0.25) is 0 Å². The van der Waals surface area contributed by atoms with E-state index in [1.54, 1.807) is 12.0 Å². The average Bonchev–Trinajstić information content (AvgIpc) is 3.22. The van der Waals surface area contributed by atoms with Gasteiger partial charge in [0.15, 0.2) is 0 Å². The van der Waals surface area contributed by atoms with E-state index in [1.165, 1.54) is 0 Å². The quantitative estimate of drug-likeness (QED) is 0.893. The van der Waals surface area contributed by atoms with Crippen molar-refractivity contribution in [2.75, 3.05) is 13.7 Å². The number of carbonyl (C=O) groups excluding carboxylic acids is 2. The van der Waals surface area contributed by atoms with Gasteiger partial charge >= 0.3 is 0 Å². The van der Waals surface area contributed by atoms with Crippen LogP contribution in [0.5, 0.6) is 5.75 Å². The largest absolute Gasteiger partial charge is 0.497 e. The number of nitrogens with zero attached hydrogens (tertiary/aromatic N) is 1. The Balaban J connectivity index is 1.75. The number of rotatable bonds is 5. The van der Waals surface area contributed by atoms with Gasteiger partial charge < -0.3 is 15.0 Å². The van der Waals surface area contributed by atoms with E-state index in [-0.39, 0.29) is 29.3 Å². The van der Waals surface area contributed by atoms with Crippen LogP contribution in [-0.2, 0) is 15.1 Å². The van der Waals surface area contributed by atoms with Crippen LogP contribution in [0.3, 0.4) is 0 Å². The van der Waals surface area contributed by atoms with Crippen molar-refractivity contribution < 1.29 is 14.3 Å². The summed E-state index contributed by atoms with van der Waals surface area (Å²) in [6.07, 6.45) is 4.42. The summed E-state index contributed by atoms with van der Waals surface area (Å²) in [5, 5.41) is 3.31. The molecule has 1 aromatic carbocycles. The number of amides is 2. The number of carbonyl (C=O) groups is 2. The molecule has 3 rings (SSSR count). The highest BCUT2D eigenvalue weighted by atomic mass is 16.5. The van der Waals surface area contributed by atoms with E-state index in [4.69, 9.17) is 4.74 Å². The number of hydrogen-bond acceptors (Lipinski definition) is 3. The molecule has 2 aliphatic rings. The number of nitrogens with one attached hydrogen (secondary N) is 1. The van der Waals surface area contributed by atoms with Gasteiger partial charge in [0.05, 0.1) is 18.6 Å². The first-order valence-corrected chi connectivity index (χ1v) is 9.21. The van der Waals surface area contributed by atoms with Crippen LogP contribution in [-0.4, -0.2) is 36.4 Å². The topological polar surface area (TPSA) is 58.6 Å². The van der Waals surface area contributed by atoms with E-state index >= 15 is 0 Å². The first-order valence-electron chi connectivity index (χ1n) is 9.21. The Labute approximate surface area is 149 Å². The van der Waals surface area contributed by atoms with E-state index in [2.05, 4.69) is 5.32 Å². The smallest absolute Gasteiger partial charge is 0.226 e. The van der Waals surface area contributed by atoms with Crippen molar-refractivity contribution in [2.24, 2.45) is 5.92 Å². The number of hydrogen-bond donors (Lipinski definition) is 1. The maximum atomic E-state index is 12.9. The van der Waals surface area contributed by atoms with Gasteiger partial charge in [-0.15, -0.1) is 0 Å². The van der Waals surface area contributed by atoms with Crippen LogP contribution in [0.4, 0.5) is 0 Å². The average molecular weight is 344 g/mol. The van der Waals surface area contributed by atoms with Crippen molar-refractivity contribution in [2.45, 2.75) is 57.5 Å². The molecular weight excluding hydrogens is 316 g/mol. The predicted octanol–water partition coefficient (Wildman–Crippen LogP) is 2.84. The van der Waals surface area contributed by atoms with E-state index in [0.29, 0.717) is 13.0 Å². The summed E-state index contributed by atoms with van der Waals surface area (Å²) in [7, 11) is 1.65. The molecular formula is C20H28N2O3. The summed E-state index contributed by atoms with van der Waals surface area (Å²) in [4.78, 5) is 26.8. The molecule has 136 valence electrons. The Hall–Kier alpha value is -2.04. The highest BCUT2D eigenvalue weighted by molar-refractivity contribution is 5.89. The molecule has 1 aliphatic heterocycles. The Morgan fingerprint density at radius 2 is 1.88 bits per heavy atom. The highest BCUT2D eigenvalue weighted by Gasteiger charge is 2.41. The van der Waals surface area contributed by atoms with E-state index in [0.717, 1.165) is 37.0 Å². The van der Waals surface area contributed by atoms with Gasteiger partial charge in [-0.3, -0.25) is 9.59 Å². The standard InChI is InChI=1S/C20H28N2O3/c1-14(2)22-13-15(12-18(22)23)19(24)21-20(10-4-5-11-20)16-6-8-17(25-3)9-7-16/h6-9,14-15H,4-5,10-13H2,1-3H3,(H,21,24)/t15-/m0/s1. The van der Waals surface area contributed by atoms with Crippen LogP contribution in [0.1, 0.15) is 51.5 Å². The second kappa shape index (κ2) is 7.06. The summed E-state index contributed by atoms with van der Waals surface area (Å²) in [6, 6.07) is 8.13. The van der Waals surface area contributed by atoms with Crippen LogP contribution in [0.15, 0.2) is 24.3 Å². The maximum absolute atomic E-state index is 12.9. The van der Waals surface area contributed by atoms with Crippen LogP contribution in [0.25, 0.3) is 0 Å². The number of methoxy groups -OCH3 is 1. The molecule has 1 aliphatic carbocycles. The zero-order chi connectivity index (χ0) is 18.0. The molecule has 5 heteroatoms. The molecule has 1 saturated heterocycles. The highest BCUT2D eigenvalue weighted by Crippen LogP contribution is 2.40. The maximum Gasteiger partial charge on any atom is 0.226 e. The molecule has 2 fully saturated rings. The molecule has 0 unspecified atom stereocenters. The molecule has 0 spiro atoms.